The second-order valence-electron chi connectivity index (χ2n) is 14.9. The lowest BCUT2D eigenvalue weighted by molar-refractivity contribution is -0.0782. The lowest BCUT2D eigenvalue weighted by Crippen LogP contribution is -2.65. The molecular formula is C37H51N5O7Si2. The highest BCUT2D eigenvalue weighted by molar-refractivity contribution is 6.84. The van der Waals surface area contributed by atoms with Gasteiger partial charge in [0.05, 0.1) is 31.1 Å². The number of aliphatic hydroxyl groups excluding tert-OH is 2. The lowest BCUT2D eigenvalue weighted by atomic mass is 9.87. The highest BCUT2D eigenvalue weighted by Gasteiger charge is 2.63. The fourth-order valence-corrected chi connectivity index (χ4v) is 19.0. The van der Waals surface area contributed by atoms with Crippen molar-refractivity contribution in [1.29, 1.82) is 0 Å². The summed E-state index contributed by atoms with van der Waals surface area (Å²) in [5.74, 6) is -0.900. The van der Waals surface area contributed by atoms with Gasteiger partial charge < -0.3 is 33.2 Å². The average molecular weight is 734 g/mol. The number of aromatic nitrogens is 4. The number of aliphatic hydroxyl groups is 2. The SMILES string of the molecule is CC(C)[Si]1(C(C)C)OC[C@H]2O[C@@H](n3cnc4c(NC(=O)c5ccccc5)ncnc43)[C@H](C(O)C(O)c3ccccc3)[C@@H]2O[Si](C(C)C)(C(C)C)O1. The molecule has 2 aliphatic heterocycles. The maximum absolute atomic E-state index is 13.1. The monoisotopic (exact) mass is 733 g/mol. The molecule has 6 rings (SSSR count). The van der Waals surface area contributed by atoms with Crippen molar-refractivity contribution in [2.75, 3.05) is 11.9 Å². The number of nitrogens with zero attached hydrogens (tertiary/aromatic N) is 4. The number of carbonyl (C=O) groups is 1. The van der Waals surface area contributed by atoms with Gasteiger partial charge in [-0.25, -0.2) is 15.0 Å². The fraction of sp³-hybridized carbons (Fsp3) is 0.514. The molecule has 2 aromatic heterocycles. The number of benzene rings is 2. The van der Waals surface area contributed by atoms with Gasteiger partial charge in [0, 0.05) is 5.56 Å². The van der Waals surface area contributed by atoms with Crippen LogP contribution in [0.4, 0.5) is 5.82 Å². The van der Waals surface area contributed by atoms with Crippen molar-refractivity contribution >= 4 is 40.0 Å². The second kappa shape index (κ2) is 14.9. The molecule has 0 radical (unpaired) electrons. The Morgan fingerprint density at radius 1 is 0.843 bits per heavy atom. The van der Waals surface area contributed by atoms with E-state index in [1.807, 2.05) is 24.3 Å². The lowest BCUT2D eigenvalue weighted by Gasteiger charge is -2.51. The Kier molecular flexibility index (Phi) is 11.0. The van der Waals surface area contributed by atoms with Crippen molar-refractivity contribution in [3.05, 3.63) is 84.4 Å². The van der Waals surface area contributed by atoms with Crippen LogP contribution < -0.4 is 5.32 Å². The third kappa shape index (κ3) is 6.84. The normalized spacial score (nSPS) is 24.4. The molecule has 4 aromatic rings. The molecule has 51 heavy (non-hydrogen) atoms. The van der Waals surface area contributed by atoms with Crippen LogP contribution in [0.1, 0.15) is 83.6 Å². The first-order valence-electron chi connectivity index (χ1n) is 17.9. The Morgan fingerprint density at radius 3 is 2.06 bits per heavy atom. The van der Waals surface area contributed by atoms with Gasteiger partial charge in [0.1, 0.15) is 24.8 Å². The number of fused-ring (bicyclic) bond motifs is 2. The van der Waals surface area contributed by atoms with Crippen LogP contribution in [-0.4, -0.2) is 77.7 Å². The standard InChI is InChI=1S/C37H51N5O7Si2/c1-22(2)50(23(3)4)46-19-28-33(48-51(49-50,24(5)6)25(7)8)29(32(44)31(43)26-15-11-9-12-16-26)37(47-28)42-21-40-30-34(38-20-39-35(30)42)41-36(45)27-17-13-10-14-18-27/h9-18,20-25,28-29,31-33,37,43-44H,19H2,1-8H3,(H,38,39,41,45)/t28-,29-,31?,32?,33-,37-/m1/s1. The molecule has 6 atom stereocenters. The van der Waals surface area contributed by atoms with Gasteiger partial charge in [0.15, 0.2) is 17.0 Å². The molecule has 2 unspecified atom stereocenters. The van der Waals surface area contributed by atoms with Crippen molar-refractivity contribution in [3.8, 4) is 0 Å². The molecule has 2 aromatic carbocycles. The molecule has 14 heteroatoms. The summed E-state index contributed by atoms with van der Waals surface area (Å²) in [5, 5.41) is 26.8. The number of hydrogen-bond acceptors (Lipinski definition) is 10. The summed E-state index contributed by atoms with van der Waals surface area (Å²) < 4.78 is 30.5. The summed E-state index contributed by atoms with van der Waals surface area (Å²) in [6, 6.07) is 17.9. The zero-order valence-electron chi connectivity index (χ0n) is 30.6. The van der Waals surface area contributed by atoms with Crippen molar-refractivity contribution in [1.82, 2.24) is 19.5 Å². The molecule has 12 nitrogen and oxygen atoms in total. The van der Waals surface area contributed by atoms with Crippen molar-refractivity contribution in [2.24, 2.45) is 5.92 Å². The first kappa shape index (κ1) is 37.4. The number of ether oxygens (including phenoxy) is 1. The van der Waals surface area contributed by atoms with E-state index in [0.717, 1.165) is 0 Å². The van der Waals surface area contributed by atoms with Gasteiger partial charge >= 0.3 is 17.1 Å². The summed E-state index contributed by atoms with van der Waals surface area (Å²) in [7, 11) is -6.01. The Hall–Kier alpha value is -3.35. The quantitative estimate of drug-likeness (QED) is 0.151. The highest BCUT2D eigenvalue weighted by atomic mass is 28.5. The molecule has 0 bridgehead atoms. The predicted molar refractivity (Wildman–Crippen MR) is 198 cm³/mol. The Labute approximate surface area is 302 Å². The van der Waals surface area contributed by atoms with Crippen LogP contribution in [0.15, 0.2) is 73.3 Å². The molecule has 274 valence electrons. The van der Waals surface area contributed by atoms with Crippen LogP contribution in [0.3, 0.4) is 0 Å². The Balaban J connectivity index is 1.46. The molecule has 4 heterocycles. The topological polar surface area (TPSA) is 150 Å². The molecule has 0 aliphatic carbocycles. The molecule has 3 N–H and O–H groups in total. The van der Waals surface area contributed by atoms with E-state index in [2.05, 4.69) is 75.7 Å². The summed E-state index contributed by atoms with van der Waals surface area (Å²) in [5.41, 5.74) is 2.14. The number of imidazole rings is 1. The van der Waals surface area contributed by atoms with Gasteiger partial charge in [-0.1, -0.05) is 104 Å². The first-order chi connectivity index (χ1) is 24.3. The van der Waals surface area contributed by atoms with Crippen LogP contribution in [0.2, 0.25) is 22.2 Å². The van der Waals surface area contributed by atoms with Gasteiger partial charge in [-0.15, -0.1) is 0 Å². The minimum Gasteiger partial charge on any atom is -0.414 e. The Morgan fingerprint density at radius 2 is 1.45 bits per heavy atom. The molecule has 2 aliphatic rings. The van der Waals surface area contributed by atoms with Gasteiger partial charge in [0.25, 0.3) is 5.91 Å². The number of anilines is 1. The van der Waals surface area contributed by atoms with Crippen LogP contribution in [0.5, 0.6) is 0 Å². The number of carbonyl (C=O) groups excluding carboxylic acids is 1. The Bertz CT molecular complexity index is 1780. The van der Waals surface area contributed by atoms with Gasteiger partial charge in [-0.3, -0.25) is 9.36 Å². The van der Waals surface area contributed by atoms with E-state index in [9.17, 15) is 15.0 Å². The van der Waals surface area contributed by atoms with Crippen LogP contribution in [0, 0.1) is 5.92 Å². The molecule has 0 spiro atoms. The third-order valence-corrected chi connectivity index (χ3v) is 20.7. The zero-order valence-corrected chi connectivity index (χ0v) is 32.6. The molecule has 1 amide bonds. The maximum atomic E-state index is 13.1. The van der Waals surface area contributed by atoms with E-state index in [0.29, 0.717) is 22.3 Å². The summed E-state index contributed by atoms with van der Waals surface area (Å²) in [6.45, 7) is 17.4. The minimum absolute atomic E-state index is 0.0396. The van der Waals surface area contributed by atoms with Crippen molar-refractivity contribution < 1.29 is 32.7 Å². The number of amides is 1. The zero-order chi connectivity index (χ0) is 36.7. The largest absolute Gasteiger partial charge is 0.414 e. The van der Waals surface area contributed by atoms with Crippen LogP contribution in [0.25, 0.3) is 11.2 Å². The number of hydrogen-bond donors (Lipinski definition) is 3. The van der Waals surface area contributed by atoms with E-state index < -0.39 is 53.7 Å². The second-order valence-corrected chi connectivity index (χ2v) is 23.8. The maximum Gasteiger partial charge on any atom is 0.335 e. The van der Waals surface area contributed by atoms with E-state index >= 15 is 0 Å². The molecular weight excluding hydrogens is 683 g/mol. The first-order valence-corrected chi connectivity index (χ1v) is 21.9. The fourth-order valence-electron chi connectivity index (χ4n) is 7.75. The van der Waals surface area contributed by atoms with Crippen molar-refractivity contribution in [2.45, 2.75) is 108 Å². The third-order valence-electron chi connectivity index (χ3n) is 10.5. The number of nitrogens with one attached hydrogen (secondary N) is 1. The van der Waals surface area contributed by atoms with Gasteiger partial charge in [-0.2, -0.15) is 0 Å². The summed E-state index contributed by atoms with van der Waals surface area (Å²) >= 11 is 0. The summed E-state index contributed by atoms with van der Waals surface area (Å²) in [6.07, 6.45) is -1.84. The van der Waals surface area contributed by atoms with Crippen LogP contribution in [-0.2, 0) is 17.7 Å². The average Bonchev–Trinajstić information content (AvgIpc) is 3.69. The van der Waals surface area contributed by atoms with E-state index in [1.54, 1.807) is 47.3 Å². The summed E-state index contributed by atoms with van der Waals surface area (Å²) in [4.78, 5) is 26.6. The van der Waals surface area contributed by atoms with Gasteiger partial charge in [-0.05, 0) is 39.9 Å². The number of rotatable bonds is 10. The molecule has 2 fully saturated rings. The highest BCUT2D eigenvalue weighted by Crippen LogP contribution is 2.51. The van der Waals surface area contributed by atoms with E-state index in [4.69, 9.17) is 17.7 Å². The van der Waals surface area contributed by atoms with E-state index in [-0.39, 0.29) is 40.5 Å². The predicted octanol–water partition coefficient (Wildman–Crippen LogP) is 6.64. The van der Waals surface area contributed by atoms with Crippen LogP contribution >= 0.6 is 0 Å². The molecule has 0 saturated carbocycles. The van der Waals surface area contributed by atoms with Crippen molar-refractivity contribution in [3.63, 3.8) is 0 Å². The molecule has 2 saturated heterocycles. The smallest absolute Gasteiger partial charge is 0.335 e. The minimum atomic E-state index is -3.13. The van der Waals surface area contributed by atoms with E-state index in [1.165, 1.54) is 6.33 Å². The van der Waals surface area contributed by atoms with Gasteiger partial charge in [0.2, 0.25) is 0 Å².